The van der Waals surface area contributed by atoms with Crippen LogP contribution in [0.25, 0.3) is 11.0 Å². The summed E-state index contributed by atoms with van der Waals surface area (Å²) < 4.78 is 11.2. The molecule has 134 valence electrons. The van der Waals surface area contributed by atoms with Gasteiger partial charge in [-0.3, -0.25) is 4.79 Å². The minimum Gasteiger partial charge on any atom is -0.493 e. The summed E-state index contributed by atoms with van der Waals surface area (Å²) in [5, 5.41) is 1.32. The van der Waals surface area contributed by atoms with Crippen molar-refractivity contribution >= 4 is 28.6 Å². The second-order valence-electron chi connectivity index (χ2n) is 6.34. The second kappa shape index (κ2) is 7.46. The number of rotatable bonds is 3. The van der Waals surface area contributed by atoms with Gasteiger partial charge in [0.2, 0.25) is 0 Å². The summed E-state index contributed by atoms with van der Waals surface area (Å²) in [7, 11) is 1.61. The first kappa shape index (κ1) is 17.0. The van der Waals surface area contributed by atoms with Gasteiger partial charge in [0, 0.05) is 29.5 Å². The van der Waals surface area contributed by atoms with Crippen molar-refractivity contribution in [3.63, 3.8) is 0 Å². The largest absolute Gasteiger partial charge is 0.493 e. The lowest BCUT2D eigenvalue weighted by Gasteiger charge is -2.19. The Morgan fingerprint density at radius 2 is 2.00 bits per heavy atom. The molecular formula is C21H21NO3S. The van der Waals surface area contributed by atoms with Gasteiger partial charge in [0.05, 0.1) is 7.11 Å². The monoisotopic (exact) mass is 367 g/mol. The number of carbonyl (C=O) groups is 1. The first-order valence-electron chi connectivity index (χ1n) is 8.78. The van der Waals surface area contributed by atoms with E-state index in [9.17, 15) is 4.79 Å². The van der Waals surface area contributed by atoms with Gasteiger partial charge in [-0.2, -0.15) is 11.8 Å². The summed E-state index contributed by atoms with van der Waals surface area (Å²) in [5.41, 5.74) is 1.96. The standard InChI is InChI=1S/C21H21NO3S/c1-24-17-9-5-8-16-14-18(25-20(16)17)21(23)22-11-10-19(26-13-12-22)15-6-3-2-4-7-15/h2-9,14,19H,10-13H2,1H3. The van der Waals surface area contributed by atoms with Gasteiger partial charge in [-0.1, -0.05) is 42.5 Å². The van der Waals surface area contributed by atoms with Crippen LogP contribution in [0.4, 0.5) is 0 Å². The molecule has 1 amide bonds. The average molecular weight is 367 g/mol. The molecule has 0 N–H and O–H groups in total. The molecule has 0 radical (unpaired) electrons. The van der Waals surface area contributed by atoms with Crippen LogP contribution in [0.15, 0.2) is 59.0 Å². The number of para-hydroxylation sites is 1. The normalized spacial score (nSPS) is 17.9. The van der Waals surface area contributed by atoms with Gasteiger partial charge in [0.15, 0.2) is 17.1 Å². The van der Waals surface area contributed by atoms with Crippen molar-refractivity contribution in [1.29, 1.82) is 0 Å². The van der Waals surface area contributed by atoms with Crippen molar-refractivity contribution in [2.45, 2.75) is 11.7 Å². The molecule has 3 aromatic rings. The fourth-order valence-electron chi connectivity index (χ4n) is 3.37. The number of hydrogen-bond acceptors (Lipinski definition) is 4. The van der Waals surface area contributed by atoms with Crippen molar-refractivity contribution in [2.24, 2.45) is 0 Å². The van der Waals surface area contributed by atoms with Gasteiger partial charge >= 0.3 is 0 Å². The number of hydrogen-bond donors (Lipinski definition) is 0. The summed E-state index contributed by atoms with van der Waals surface area (Å²) in [5.74, 6) is 1.91. The smallest absolute Gasteiger partial charge is 0.289 e. The minimum atomic E-state index is -0.0439. The third-order valence-electron chi connectivity index (χ3n) is 4.74. The van der Waals surface area contributed by atoms with Crippen LogP contribution >= 0.6 is 11.8 Å². The van der Waals surface area contributed by atoms with E-state index in [-0.39, 0.29) is 5.91 Å². The third-order valence-corrected chi connectivity index (χ3v) is 6.07. The predicted octanol–water partition coefficient (Wildman–Crippen LogP) is 4.76. The van der Waals surface area contributed by atoms with Crippen LogP contribution in [-0.2, 0) is 0 Å². The van der Waals surface area contributed by atoms with E-state index < -0.39 is 0 Å². The molecule has 5 heteroatoms. The lowest BCUT2D eigenvalue weighted by atomic mass is 10.1. The fraction of sp³-hybridized carbons (Fsp3) is 0.286. The second-order valence-corrected chi connectivity index (χ2v) is 7.65. The van der Waals surface area contributed by atoms with Crippen LogP contribution in [0, 0.1) is 0 Å². The topological polar surface area (TPSA) is 42.7 Å². The van der Waals surface area contributed by atoms with Crippen LogP contribution in [0.5, 0.6) is 5.75 Å². The molecule has 26 heavy (non-hydrogen) atoms. The van der Waals surface area contributed by atoms with Gasteiger partial charge in [-0.25, -0.2) is 0 Å². The van der Waals surface area contributed by atoms with Crippen molar-refractivity contribution in [3.05, 3.63) is 65.9 Å². The molecule has 1 aromatic heterocycles. The van der Waals surface area contributed by atoms with Gasteiger partial charge in [0.1, 0.15) is 0 Å². The maximum atomic E-state index is 12.9. The van der Waals surface area contributed by atoms with Crippen molar-refractivity contribution in [1.82, 2.24) is 4.90 Å². The number of nitrogens with zero attached hydrogens (tertiary/aromatic N) is 1. The van der Waals surface area contributed by atoms with Crippen molar-refractivity contribution in [2.75, 3.05) is 26.0 Å². The highest BCUT2D eigenvalue weighted by molar-refractivity contribution is 7.99. The van der Waals surface area contributed by atoms with Gasteiger partial charge in [0.25, 0.3) is 5.91 Å². The van der Waals surface area contributed by atoms with Crippen LogP contribution in [-0.4, -0.2) is 36.8 Å². The predicted molar refractivity (Wildman–Crippen MR) is 105 cm³/mol. The molecule has 1 saturated heterocycles. The number of fused-ring (bicyclic) bond motifs is 1. The Bertz CT molecular complexity index is 906. The highest BCUT2D eigenvalue weighted by Gasteiger charge is 2.25. The van der Waals surface area contributed by atoms with E-state index in [0.29, 0.717) is 22.3 Å². The van der Waals surface area contributed by atoms with Gasteiger partial charge < -0.3 is 14.1 Å². The Labute approximate surface area is 157 Å². The zero-order valence-corrected chi connectivity index (χ0v) is 15.5. The summed E-state index contributed by atoms with van der Waals surface area (Å²) >= 11 is 1.92. The van der Waals surface area contributed by atoms with Crippen LogP contribution in [0.2, 0.25) is 0 Å². The maximum absolute atomic E-state index is 12.9. The highest BCUT2D eigenvalue weighted by atomic mass is 32.2. The van der Waals surface area contributed by atoms with E-state index in [0.717, 1.165) is 30.6 Å². The Hall–Kier alpha value is -2.40. The number of benzene rings is 2. The molecular weight excluding hydrogens is 346 g/mol. The van der Waals surface area contributed by atoms with E-state index in [1.54, 1.807) is 7.11 Å². The molecule has 1 aliphatic heterocycles. The highest BCUT2D eigenvalue weighted by Crippen LogP contribution is 2.35. The van der Waals surface area contributed by atoms with E-state index in [1.165, 1.54) is 5.56 Å². The minimum absolute atomic E-state index is 0.0439. The molecule has 1 fully saturated rings. The average Bonchev–Trinajstić information content (AvgIpc) is 2.98. The Balaban J connectivity index is 1.52. The quantitative estimate of drug-likeness (QED) is 0.669. The number of furan rings is 1. The SMILES string of the molecule is COc1cccc2cc(C(=O)N3CCSC(c4ccccc4)CC3)oc12. The van der Waals surface area contributed by atoms with E-state index in [1.807, 2.05) is 47.0 Å². The van der Waals surface area contributed by atoms with E-state index >= 15 is 0 Å². The molecule has 2 heterocycles. The van der Waals surface area contributed by atoms with Gasteiger partial charge in [-0.05, 0) is 24.1 Å². The van der Waals surface area contributed by atoms with E-state index in [2.05, 4.69) is 24.3 Å². The molecule has 1 atom stereocenters. The van der Waals surface area contributed by atoms with Crippen molar-refractivity contribution in [3.8, 4) is 5.75 Å². The molecule has 2 aromatic carbocycles. The lowest BCUT2D eigenvalue weighted by molar-refractivity contribution is 0.0737. The Morgan fingerprint density at radius 1 is 1.15 bits per heavy atom. The zero-order valence-electron chi connectivity index (χ0n) is 14.7. The molecule has 4 nitrogen and oxygen atoms in total. The number of methoxy groups -OCH3 is 1. The van der Waals surface area contributed by atoms with Gasteiger partial charge in [-0.15, -0.1) is 0 Å². The molecule has 0 saturated carbocycles. The maximum Gasteiger partial charge on any atom is 0.289 e. The molecule has 4 rings (SSSR count). The fourth-order valence-corrected chi connectivity index (χ4v) is 4.60. The van der Waals surface area contributed by atoms with Crippen molar-refractivity contribution < 1.29 is 13.9 Å². The molecule has 0 aliphatic carbocycles. The number of carbonyl (C=O) groups excluding carboxylic acids is 1. The summed E-state index contributed by atoms with van der Waals surface area (Å²) in [6.07, 6.45) is 0.948. The van der Waals surface area contributed by atoms with E-state index in [4.69, 9.17) is 9.15 Å². The summed E-state index contributed by atoms with van der Waals surface area (Å²) in [4.78, 5) is 14.8. The lowest BCUT2D eigenvalue weighted by Crippen LogP contribution is -2.32. The van der Waals surface area contributed by atoms with Crippen LogP contribution in [0.1, 0.15) is 27.8 Å². The molecule has 1 unspecified atom stereocenters. The third kappa shape index (κ3) is 3.31. The van der Waals surface area contributed by atoms with Crippen LogP contribution < -0.4 is 4.74 Å². The Morgan fingerprint density at radius 3 is 2.81 bits per heavy atom. The zero-order chi connectivity index (χ0) is 17.9. The number of amides is 1. The molecule has 0 spiro atoms. The Kier molecular flexibility index (Phi) is 4.89. The first-order valence-corrected chi connectivity index (χ1v) is 9.83. The van der Waals surface area contributed by atoms with Crippen LogP contribution in [0.3, 0.4) is 0 Å². The first-order chi connectivity index (χ1) is 12.8. The number of thioether (sulfide) groups is 1. The summed E-state index contributed by atoms with van der Waals surface area (Å²) in [6, 6.07) is 18.0. The number of ether oxygens (including phenoxy) is 1. The molecule has 1 aliphatic rings. The summed E-state index contributed by atoms with van der Waals surface area (Å²) in [6.45, 7) is 1.47. The molecule has 0 bridgehead atoms.